The Balaban J connectivity index is 2.85. The molecular weight excluding hydrogens is 257 g/mol. The highest BCUT2D eigenvalue weighted by atomic mass is 19.1. The number of halogens is 1. The minimum Gasteiger partial charge on any atom is -0.478 e. The zero-order valence-corrected chi connectivity index (χ0v) is 12.3. The third kappa shape index (κ3) is 5.53. The van der Waals surface area contributed by atoms with Crippen molar-refractivity contribution in [1.82, 2.24) is 4.90 Å². The summed E-state index contributed by atoms with van der Waals surface area (Å²) in [6, 6.07) is 4.49. The number of aliphatic carboxylic acids is 1. The molecule has 0 aliphatic rings. The summed E-state index contributed by atoms with van der Waals surface area (Å²) in [6.07, 6.45) is 3.59. The van der Waals surface area contributed by atoms with Crippen molar-refractivity contribution in [2.45, 2.75) is 26.8 Å². The molecule has 0 saturated carbocycles. The van der Waals surface area contributed by atoms with Gasteiger partial charge in [0.2, 0.25) is 0 Å². The molecule has 0 aromatic heterocycles. The summed E-state index contributed by atoms with van der Waals surface area (Å²) < 4.78 is 13.3. The van der Waals surface area contributed by atoms with Crippen molar-refractivity contribution in [3.05, 3.63) is 41.2 Å². The topological polar surface area (TPSA) is 40.5 Å². The first-order valence-corrected chi connectivity index (χ1v) is 6.80. The normalized spacial score (nSPS) is 13.1. The van der Waals surface area contributed by atoms with Gasteiger partial charge >= 0.3 is 5.97 Å². The summed E-state index contributed by atoms with van der Waals surface area (Å²) in [5, 5.41) is 8.68. The van der Waals surface area contributed by atoms with Gasteiger partial charge in [-0.3, -0.25) is 0 Å². The number of benzene rings is 1. The maximum absolute atomic E-state index is 13.3. The van der Waals surface area contributed by atoms with Gasteiger partial charge in [0.25, 0.3) is 0 Å². The monoisotopic (exact) mass is 279 g/mol. The average Bonchev–Trinajstić information content (AvgIpc) is 2.38. The molecule has 1 aromatic rings. The van der Waals surface area contributed by atoms with Crippen molar-refractivity contribution in [1.29, 1.82) is 0 Å². The van der Waals surface area contributed by atoms with Gasteiger partial charge in [0.15, 0.2) is 0 Å². The predicted octanol–water partition coefficient (Wildman–Crippen LogP) is 3.40. The molecule has 0 aliphatic carbocycles. The van der Waals surface area contributed by atoms with Crippen LogP contribution in [-0.4, -0.2) is 29.6 Å². The van der Waals surface area contributed by atoms with Gasteiger partial charge in [-0.15, -0.1) is 0 Å². The van der Waals surface area contributed by atoms with E-state index in [0.29, 0.717) is 18.0 Å². The highest BCUT2D eigenvalue weighted by Crippen LogP contribution is 2.16. The molecule has 0 saturated heterocycles. The Bertz CT molecular complexity index is 485. The minimum atomic E-state index is -1.03. The van der Waals surface area contributed by atoms with E-state index in [1.165, 1.54) is 18.2 Å². The quantitative estimate of drug-likeness (QED) is 0.778. The molecule has 1 atom stereocenters. The molecule has 3 nitrogen and oxygen atoms in total. The Kier molecular flexibility index (Phi) is 6.39. The fourth-order valence-corrected chi connectivity index (χ4v) is 2.04. The van der Waals surface area contributed by atoms with Crippen LogP contribution in [0.15, 0.2) is 24.3 Å². The van der Waals surface area contributed by atoms with Crippen molar-refractivity contribution < 1.29 is 14.3 Å². The number of carboxylic acid groups (broad SMARTS) is 1. The zero-order valence-electron chi connectivity index (χ0n) is 12.3. The minimum absolute atomic E-state index is 0.358. The fourth-order valence-electron chi connectivity index (χ4n) is 2.04. The first-order chi connectivity index (χ1) is 9.42. The highest BCUT2D eigenvalue weighted by molar-refractivity contribution is 5.85. The van der Waals surface area contributed by atoms with Crippen LogP contribution in [0.25, 0.3) is 6.08 Å². The second kappa shape index (κ2) is 7.80. The van der Waals surface area contributed by atoms with E-state index < -0.39 is 5.97 Å². The fraction of sp³-hybridized carbons (Fsp3) is 0.438. The van der Waals surface area contributed by atoms with Gasteiger partial charge in [0.1, 0.15) is 5.82 Å². The molecule has 1 rings (SSSR count). The predicted molar refractivity (Wildman–Crippen MR) is 78.9 cm³/mol. The lowest BCUT2D eigenvalue weighted by Crippen LogP contribution is -2.24. The van der Waals surface area contributed by atoms with Crippen LogP contribution < -0.4 is 0 Å². The molecule has 1 unspecified atom stereocenters. The summed E-state index contributed by atoms with van der Waals surface area (Å²) in [7, 11) is 2.01. The van der Waals surface area contributed by atoms with Crippen molar-refractivity contribution in [2.24, 2.45) is 5.92 Å². The number of hydrogen-bond acceptors (Lipinski definition) is 2. The van der Waals surface area contributed by atoms with Crippen molar-refractivity contribution in [3.8, 4) is 0 Å². The summed E-state index contributed by atoms with van der Waals surface area (Å²) in [5.74, 6) is -0.796. The number of carbonyl (C=O) groups is 1. The Morgan fingerprint density at radius 1 is 1.50 bits per heavy atom. The van der Waals surface area contributed by atoms with Gasteiger partial charge < -0.3 is 10.0 Å². The van der Waals surface area contributed by atoms with E-state index >= 15 is 0 Å². The van der Waals surface area contributed by atoms with E-state index in [0.717, 1.165) is 24.6 Å². The number of nitrogens with zero attached hydrogens (tertiary/aromatic N) is 1. The van der Waals surface area contributed by atoms with Crippen LogP contribution in [0.4, 0.5) is 4.39 Å². The maximum atomic E-state index is 13.3. The van der Waals surface area contributed by atoms with Gasteiger partial charge in [-0.05, 0) is 42.3 Å². The smallest absolute Gasteiger partial charge is 0.328 e. The van der Waals surface area contributed by atoms with Crippen LogP contribution in [0.1, 0.15) is 31.4 Å². The van der Waals surface area contributed by atoms with Crippen LogP contribution in [-0.2, 0) is 11.3 Å². The lowest BCUT2D eigenvalue weighted by Gasteiger charge is -2.21. The van der Waals surface area contributed by atoms with Crippen LogP contribution in [0.2, 0.25) is 0 Å². The van der Waals surface area contributed by atoms with Crippen LogP contribution >= 0.6 is 0 Å². The summed E-state index contributed by atoms with van der Waals surface area (Å²) >= 11 is 0. The molecule has 0 heterocycles. The van der Waals surface area contributed by atoms with Crippen molar-refractivity contribution in [2.75, 3.05) is 13.6 Å². The molecule has 0 amide bonds. The molecule has 0 aliphatic heterocycles. The number of carboxylic acids is 1. The van der Waals surface area contributed by atoms with Gasteiger partial charge in [-0.1, -0.05) is 26.3 Å². The van der Waals surface area contributed by atoms with E-state index in [1.54, 1.807) is 6.07 Å². The number of hydrogen-bond donors (Lipinski definition) is 1. The molecule has 1 N–H and O–H groups in total. The third-order valence-electron chi connectivity index (χ3n) is 3.27. The van der Waals surface area contributed by atoms with Crippen LogP contribution in [0.5, 0.6) is 0 Å². The lowest BCUT2D eigenvalue weighted by molar-refractivity contribution is -0.131. The molecule has 0 spiro atoms. The van der Waals surface area contributed by atoms with Gasteiger partial charge in [0, 0.05) is 19.2 Å². The summed E-state index contributed by atoms with van der Waals surface area (Å²) in [4.78, 5) is 12.8. The van der Waals surface area contributed by atoms with Crippen molar-refractivity contribution >= 4 is 12.0 Å². The summed E-state index contributed by atoms with van der Waals surface area (Å²) in [5.41, 5.74) is 1.54. The standard InChI is InChI=1S/C16H22FNO2/c1-4-12(2)10-18(3)11-14-5-7-15(17)9-13(14)6-8-16(19)20/h5-9,12H,4,10-11H2,1-3H3,(H,19,20). The molecule has 0 bridgehead atoms. The average molecular weight is 279 g/mol. The molecule has 1 aromatic carbocycles. The second-order valence-corrected chi connectivity index (χ2v) is 5.22. The molecule has 0 radical (unpaired) electrons. The third-order valence-corrected chi connectivity index (χ3v) is 3.27. The van der Waals surface area contributed by atoms with Gasteiger partial charge in [-0.2, -0.15) is 0 Å². The molecule has 20 heavy (non-hydrogen) atoms. The van der Waals surface area contributed by atoms with Gasteiger partial charge in [-0.25, -0.2) is 9.18 Å². The van der Waals surface area contributed by atoms with E-state index in [1.807, 2.05) is 7.05 Å². The Hall–Kier alpha value is -1.68. The van der Waals surface area contributed by atoms with E-state index in [-0.39, 0.29) is 5.82 Å². The first kappa shape index (κ1) is 16.4. The van der Waals surface area contributed by atoms with Crippen LogP contribution in [0.3, 0.4) is 0 Å². The second-order valence-electron chi connectivity index (χ2n) is 5.22. The van der Waals surface area contributed by atoms with Gasteiger partial charge in [0.05, 0.1) is 0 Å². The lowest BCUT2D eigenvalue weighted by atomic mass is 10.0. The first-order valence-electron chi connectivity index (χ1n) is 6.80. The maximum Gasteiger partial charge on any atom is 0.328 e. The molecule has 4 heteroatoms. The highest BCUT2D eigenvalue weighted by Gasteiger charge is 2.08. The van der Waals surface area contributed by atoms with Crippen molar-refractivity contribution in [3.63, 3.8) is 0 Å². The van der Waals surface area contributed by atoms with Crippen LogP contribution in [0, 0.1) is 11.7 Å². The molecule has 110 valence electrons. The summed E-state index contributed by atoms with van der Waals surface area (Å²) in [6.45, 7) is 5.96. The Morgan fingerprint density at radius 2 is 2.20 bits per heavy atom. The molecular formula is C16H22FNO2. The Morgan fingerprint density at radius 3 is 2.80 bits per heavy atom. The zero-order chi connectivity index (χ0) is 15.1. The largest absolute Gasteiger partial charge is 0.478 e. The Labute approximate surface area is 119 Å². The van der Waals surface area contributed by atoms with E-state index in [2.05, 4.69) is 18.7 Å². The number of rotatable bonds is 7. The van der Waals surface area contributed by atoms with E-state index in [9.17, 15) is 9.18 Å². The SMILES string of the molecule is CCC(C)CN(C)Cc1ccc(F)cc1C=CC(=O)O. The van der Waals surface area contributed by atoms with E-state index in [4.69, 9.17) is 5.11 Å². The molecule has 0 fully saturated rings.